The van der Waals surface area contributed by atoms with Crippen LogP contribution < -0.4 is 14.8 Å². The summed E-state index contributed by atoms with van der Waals surface area (Å²) in [6, 6.07) is 25.6. The second-order valence-electron chi connectivity index (χ2n) is 17.8. The van der Waals surface area contributed by atoms with E-state index in [4.69, 9.17) is 33.7 Å². The molecule has 2 amide bonds. The summed E-state index contributed by atoms with van der Waals surface area (Å²) >= 11 is 0. The number of aliphatic hydroxyl groups excluding tert-OH is 2. The minimum absolute atomic E-state index is 0.00355. The molecule has 4 aromatic rings. The van der Waals surface area contributed by atoms with E-state index in [-0.39, 0.29) is 75.9 Å². The fraction of sp³-hybridized carbons (Fsp3) is 0.426. The quantitative estimate of drug-likeness (QED) is 0.0246. The molecule has 7 rings (SSSR count). The van der Waals surface area contributed by atoms with E-state index in [1.807, 2.05) is 36.4 Å². The van der Waals surface area contributed by atoms with Crippen molar-refractivity contribution < 1.29 is 57.6 Å². The summed E-state index contributed by atoms with van der Waals surface area (Å²) in [4.78, 5) is 46.5. The van der Waals surface area contributed by atoms with Crippen molar-refractivity contribution in [2.75, 3.05) is 39.6 Å². The third-order valence-corrected chi connectivity index (χ3v) is 13.2. The molecule has 0 aromatic heterocycles. The molecule has 0 spiro atoms. The number of unbranched alkanes of at least 4 members (excludes halogenated alkanes) is 2. The monoisotopic (exact) mass is 978 g/mol. The number of carbonyl (C=O) groups is 2. The summed E-state index contributed by atoms with van der Waals surface area (Å²) in [5.41, 5.74) is 4.06. The number of rotatable bonds is 25. The van der Waals surface area contributed by atoms with E-state index < -0.39 is 46.6 Å². The highest BCUT2D eigenvalue weighted by Crippen LogP contribution is 2.62. The van der Waals surface area contributed by atoms with Crippen LogP contribution in [0.25, 0.3) is 0 Å². The molecule has 1 fully saturated rings. The molecular weight excluding hydrogens is 916 g/mol. The summed E-state index contributed by atoms with van der Waals surface area (Å²) in [5.74, 6) is -2.81. The fourth-order valence-corrected chi connectivity index (χ4v) is 10.0. The molecule has 1 saturated carbocycles. The van der Waals surface area contributed by atoms with E-state index in [0.29, 0.717) is 74.3 Å². The molecule has 4 aromatic carbocycles. The summed E-state index contributed by atoms with van der Waals surface area (Å²) in [6.07, 6.45) is 6.31. The molecule has 378 valence electrons. The largest absolute Gasteiger partial charge is 0.459 e. The molecule has 0 saturated heterocycles. The predicted molar refractivity (Wildman–Crippen MR) is 262 cm³/mol. The summed E-state index contributed by atoms with van der Waals surface area (Å²) in [7, 11) is 0. The van der Waals surface area contributed by atoms with Gasteiger partial charge in [-0.25, -0.2) is 14.0 Å². The first-order chi connectivity index (χ1) is 34.6. The van der Waals surface area contributed by atoms with Gasteiger partial charge in [0.25, 0.3) is 5.69 Å². The number of nitrogens with one attached hydrogen (secondary N) is 1. The van der Waals surface area contributed by atoms with Crippen molar-refractivity contribution in [3.63, 3.8) is 0 Å². The topological polar surface area (TPSA) is 201 Å². The normalized spacial score (nSPS) is 21.4. The highest BCUT2D eigenvalue weighted by Gasteiger charge is 2.65. The van der Waals surface area contributed by atoms with Crippen LogP contribution in [0.1, 0.15) is 80.0 Å². The Morgan fingerprint density at radius 3 is 2.37 bits per heavy atom. The molecule has 16 nitrogen and oxygen atoms in total. The number of hydrogen-bond acceptors (Lipinski definition) is 13. The van der Waals surface area contributed by atoms with Crippen molar-refractivity contribution in [3.05, 3.63) is 160 Å². The number of oxime groups is 1. The maximum absolute atomic E-state index is 15.0. The molecule has 71 heavy (non-hydrogen) atoms. The Labute approximate surface area is 413 Å². The average molecular weight is 979 g/mol. The first-order valence-electron chi connectivity index (χ1n) is 24.3. The zero-order valence-electron chi connectivity index (χ0n) is 40.0. The molecule has 6 atom stereocenters. The number of nitrogens with zero attached hydrogens (tertiary/aromatic N) is 3. The van der Waals surface area contributed by atoms with E-state index in [9.17, 15) is 34.3 Å². The van der Waals surface area contributed by atoms with Crippen LogP contribution in [0.3, 0.4) is 0 Å². The van der Waals surface area contributed by atoms with Gasteiger partial charge in [-0.15, -0.1) is 6.58 Å². The van der Waals surface area contributed by atoms with Crippen molar-refractivity contribution in [2.24, 2.45) is 22.9 Å². The van der Waals surface area contributed by atoms with Crippen LogP contribution in [-0.4, -0.2) is 89.3 Å². The number of benzene rings is 4. The lowest BCUT2D eigenvalue weighted by molar-refractivity contribution is -0.384. The molecule has 17 heteroatoms. The van der Waals surface area contributed by atoms with Crippen molar-refractivity contribution in [2.45, 2.75) is 89.4 Å². The van der Waals surface area contributed by atoms with Gasteiger partial charge in [0.05, 0.1) is 36.4 Å². The number of carbonyl (C=O) groups excluding carboxylic acids is 2. The maximum atomic E-state index is 15.0. The minimum atomic E-state index is -1.68. The van der Waals surface area contributed by atoms with Gasteiger partial charge < -0.3 is 44.1 Å². The van der Waals surface area contributed by atoms with Crippen LogP contribution in [0.5, 0.6) is 11.5 Å². The highest BCUT2D eigenvalue weighted by molar-refractivity contribution is 6.03. The lowest BCUT2D eigenvalue weighted by atomic mass is 9.55. The van der Waals surface area contributed by atoms with E-state index in [0.717, 1.165) is 16.7 Å². The van der Waals surface area contributed by atoms with Gasteiger partial charge in [-0.3, -0.25) is 15.0 Å². The average Bonchev–Trinajstić information content (AvgIpc) is 3.37. The number of halogens is 1. The zero-order chi connectivity index (χ0) is 50.2. The molecule has 0 unspecified atom stereocenters. The van der Waals surface area contributed by atoms with E-state index in [1.54, 1.807) is 49.4 Å². The molecule has 1 heterocycles. The van der Waals surface area contributed by atoms with Gasteiger partial charge in [0.1, 0.15) is 36.6 Å². The standard InChI is InChI=1S/C54H63FN4O12/c1-3-28-68-54-49(58(34-37-16-20-41(55)21-17-37)53(63)67-30-29-66-35-38-12-6-5-7-13-38)33-47(57-69-36-39-18-22-42(23-19-39)59(64)65)45-31-40(14-8-10-26-60)44(15-9-11-27-61)50(51(45)54)46-32-43(24-25-48(46)71-54)70-52(62)56-4-2/h3,5-7,12-13,16-25,31-32,40,44,49-51,60-61H,1,4,8-11,14-15,26-30,33-36H2,2H3,(H,56,62)/t40-,44+,49-,50+,51+,54+/m0/s1. The Morgan fingerprint density at radius 1 is 0.944 bits per heavy atom. The highest BCUT2D eigenvalue weighted by atomic mass is 19.1. The smallest absolute Gasteiger partial charge is 0.412 e. The number of allylic oxidation sites excluding steroid dienone is 1. The molecular formula is C54H63FN4O12. The second-order valence-corrected chi connectivity index (χ2v) is 17.8. The number of fused-ring (bicyclic) bond motifs is 2. The van der Waals surface area contributed by atoms with E-state index in [2.05, 4.69) is 18.0 Å². The van der Waals surface area contributed by atoms with E-state index >= 15 is 0 Å². The first-order valence-corrected chi connectivity index (χ1v) is 24.3. The predicted octanol–water partition coefficient (Wildman–Crippen LogP) is 9.53. The van der Waals surface area contributed by atoms with Gasteiger partial charge in [0.2, 0.25) is 5.79 Å². The number of aliphatic hydroxyl groups is 2. The van der Waals surface area contributed by atoms with Crippen LogP contribution in [0.2, 0.25) is 0 Å². The van der Waals surface area contributed by atoms with Crippen LogP contribution in [-0.2, 0) is 38.8 Å². The number of nitro groups is 1. The van der Waals surface area contributed by atoms with Gasteiger partial charge in [0, 0.05) is 56.3 Å². The number of amides is 2. The molecule has 0 radical (unpaired) electrons. The Balaban J connectivity index is 1.39. The summed E-state index contributed by atoms with van der Waals surface area (Å²) in [6.45, 7) is 6.33. The maximum Gasteiger partial charge on any atom is 0.412 e. The Bertz CT molecular complexity index is 2470. The molecule has 3 N–H and O–H groups in total. The Kier molecular flexibility index (Phi) is 18.7. The van der Waals surface area contributed by atoms with Crippen LogP contribution in [0, 0.1) is 33.7 Å². The first kappa shape index (κ1) is 52.2. The number of non-ortho nitro benzene ring substituents is 1. The SMILES string of the molecule is C=CCO[C@@]12Oc3ccc(OC(=O)NCC)cc3[C@H]3[C@H](CCCCO)[C@@H](CCCCO)C=C(C(=NOCc4ccc([N+](=O)[O-])cc4)C[C@@H]1N(Cc1ccc(F)cc1)C(=O)OCCOCc1ccccc1)[C@H]32. The van der Waals surface area contributed by atoms with E-state index in [1.165, 1.54) is 29.2 Å². The lowest BCUT2D eigenvalue weighted by Crippen LogP contribution is -2.70. The van der Waals surface area contributed by atoms with Crippen LogP contribution in [0.15, 0.2) is 127 Å². The van der Waals surface area contributed by atoms with Crippen molar-refractivity contribution in [3.8, 4) is 11.5 Å². The third kappa shape index (κ3) is 13.0. The molecule has 3 aliphatic rings. The number of nitro benzene ring substituents is 1. The lowest BCUT2D eigenvalue weighted by Gasteiger charge is -2.59. The van der Waals surface area contributed by atoms with Gasteiger partial charge >= 0.3 is 12.2 Å². The van der Waals surface area contributed by atoms with Crippen molar-refractivity contribution in [1.29, 1.82) is 0 Å². The minimum Gasteiger partial charge on any atom is -0.459 e. The molecule has 2 aliphatic carbocycles. The van der Waals surface area contributed by atoms with Gasteiger partial charge in [0.15, 0.2) is 0 Å². The Hall–Kier alpha value is -6.66. The second kappa shape index (κ2) is 25.5. The molecule has 1 aliphatic heterocycles. The number of hydrogen-bond donors (Lipinski definition) is 3. The summed E-state index contributed by atoms with van der Waals surface area (Å²) < 4.78 is 46.6. The molecule has 0 bridgehead atoms. The zero-order valence-corrected chi connectivity index (χ0v) is 40.0. The Morgan fingerprint density at radius 2 is 1.66 bits per heavy atom. The van der Waals surface area contributed by atoms with Gasteiger partial charge in [-0.1, -0.05) is 72.6 Å². The van der Waals surface area contributed by atoms with Crippen molar-refractivity contribution >= 4 is 23.6 Å². The third-order valence-electron chi connectivity index (χ3n) is 13.2. The van der Waals surface area contributed by atoms with Crippen molar-refractivity contribution in [1.82, 2.24) is 10.2 Å². The fourth-order valence-electron chi connectivity index (χ4n) is 10.0. The van der Waals surface area contributed by atoms with Gasteiger partial charge in [-0.05, 0) is 109 Å². The van der Waals surface area contributed by atoms with Gasteiger partial charge in [-0.2, -0.15) is 0 Å². The van der Waals surface area contributed by atoms with Crippen LogP contribution >= 0.6 is 0 Å². The van der Waals surface area contributed by atoms with Crippen LogP contribution in [0.4, 0.5) is 19.7 Å². The number of ether oxygens (including phenoxy) is 5. The summed E-state index contributed by atoms with van der Waals surface area (Å²) in [5, 5.41) is 38.9.